The molecule has 1 aromatic carbocycles. The number of hydrogen-bond donors (Lipinski definition) is 1. The number of aliphatic hydroxyl groups excluding tert-OH is 1. The van der Waals surface area contributed by atoms with E-state index in [1.54, 1.807) is 28.9 Å². The number of alkyl halides is 3. The molecule has 3 aromatic rings. The quantitative estimate of drug-likeness (QED) is 0.615. The fourth-order valence-electron chi connectivity index (χ4n) is 3.54. The van der Waals surface area contributed by atoms with Gasteiger partial charge in [-0.25, -0.2) is 14.2 Å². The number of nitrogens with zero attached hydrogens (tertiary/aromatic N) is 5. The predicted octanol–water partition coefficient (Wildman–Crippen LogP) is 2.58. The van der Waals surface area contributed by atoms with E-state index < -0.39 is 18.7 Å². The molecule has 1 aliphatic carbocycles. The molecule has 0 bridgehead atoms. The second-order valence-electron chi connectivity index (χ2n) is 7.08. The highest BCUT2D eigenvalue weighted by atomic mass is 19.4. The first-order valence-electron chi connectivity index (χ1n) is 9.14. The van der Waals surface area contributed by atoms with E-state index in [0.29, 0.717) is 29.1 Å². The van der Waals surface area contributed by atoms with Crippen LogP contribution in [0.4, 0.5) is 13.2 Å². The van der Waals surface area contributed by atoms with Gasteiger partial charge in [0.05, 0.1) is 37.0 Å². The Morgan fingerprint density at radius 1 is 1.33 bits per heavy atom. The maximum absolute atomic E-state index is 12.6. The Balaban J connectivity index is 1.67. The summed E-state index contributed by atoms with van der Waals surface area (Å²) >= 11 is 0. The van der Waals surface area contributed by atoms with Crippen LogP contribution < -0.4 is 0 Å². The van der Waals surface area contributed by atoms with Crippen LogP contribution in [0.15, 0.2) is 36.7 Å². The molecule has 1 saturated carbocycles. The third kappa shape index (κ3) is 3.92. The number of hydrogen-bond acceptors (Lipinski definition) is 6. The van der Waals surface area contributed by atoms with Gasteiger partial charge in [0, 0.05) is 18.0 Å². The zero-order chi connectivity index (χ0) is 21.5. The molecule has 0 amide bonds. The summed E-state index contributed by atoms with van der Waals surface area (Å²) in [5, 5.41) is 21.2. The number of carbonyl (C=O) groups excluding carboxylic acids is 1. The Labute approximate surface area is 168 Å². The highest BCUT2D eigenvalue weighted by Crippen LogP contribution is 2.55. The molecule has 11 heteroatoms. The summed E-state index contributed by atoms with van der Waals surface area (Å²) in [5.74, 6) is -0.928. The lowest BCUT2D eigenvalue weighted by Crippen LogP contribution is -2.18. The first-order chi connectivity index (χ1) is 14.3. The molecule has 0 unspecified atom stereocenters. The number of benzene rings is 1. The van der Waals surface area contributed by atoms with Gasteiger partial charge in [0.1, 0.15) is 12.1 Å². The average Bonchev–Trinajstić information content (AvgIpc) is 3.15. The zero-order valence-corrected chi connectivity index (χ0v) is 15.9. The molecular weight excluding hydrogens is 403 g/mol. The third-order valence-corrected chi connectivity index (χ3v) is 4.97. The van der Waals surface area contributed by atoms with E-state index in [-0.39, 0.29) is 24.0 Å². The Kier molecular flexibility index (Phi) is 5.06. The topological polar surface area (TPSA) is 95.1 Å². The van der Waals surface area contributed by atoms with Crippen LogP contribution in [0.5, 0.6) is 0 Å². The standard InChI is InChI=1S/C19H18F3N5O3/c1-30-18(29)15-7-23-27(12-4-2-3-11(5-12)9-28)17(15)14-6-13(14)16-8-26(25-24-16)10-19(20,21)22/h2-5,7-8,13-14,28H,6,9-10H2,1H3/t13-,14-/m1/s1. The van der Waals surface area contributed by atoms with Gasteiger partial charge in [0.25, 0.3) is 0 Å². The first-order valence-corrected chi connectivity index (χ1v) is 9.14. The molecule has 0 spiro atoms. The number of methoxy groups -OCH3 is 1. The van der Waals surface area contributed by atoms with Crippen molar-refractivity contribution >= 4 is 5.97 Å². The van der Waals surface area contributed by atoms with Crippen molar-refractivity contribution in [3.63, 3.8) is 0 Å². The molecule has 2 heterocycles. The van der Waals surface area contributed by atoms with Gasteiger partial charge in [-0.2, -0.15) is 18.3 Å². The summed E-state index contributed by atoms with van der Waals surface area (Å²) in [6, 6.07) is 7.05. The Morgan fingerprint density at radius 2 is 2.13 bits per heavy atom. The van der Waals surface area contributed by atoms with E-state index >= 15 is 0 Å². The second kappa shape index (κ2) is 7.56. The van der Waals surface area contributed by atoms with Gasteiger partial charge in [0.2, 0.25) is 0 Å². The summed E-state index contributed by atoms with van der Waals surface area (Å²) in [5.41, 5.74) is 2.63. The number of ether oxygens (including phenoxy) is 1. The fraction of sp³-hybridized carbons (Fsp3) is 0.368. The molecule has 4 rings (SSSR count). The van der Waals surface area contributed by atoms with E-state index in [9.17, 15) is 23.1 Å². The largest absolute Gasteiger partial charge is 0.465 e. The highest BCUT2D eigenvalue weighted by molar-refractivity contribution is 5.91. The van der Waals surface area contributed by atoms with Gasteiger partial charge in [-0.15, -0.1) is 5.10 Å². The van der Waals surface area contributed by atoms with Crippen LogP contribution in [0.1, 0.15) is 45.6 Å². The third-order valence-electron chi connectivity index (χ3n) is 4.97. The predicted molar refractivity (Wildman–Crippen MR) is 97.0 cm³/mol. The van der Waals surface area contributed by atoms with Crippen molar-refractivity contribution in [2.24, 2.45) is 0 Å². The van der Waals surface area contributed by atoms with Crippen molar-refractivity contribution in [3.05, 3.63) is 59.2 Å². The minimum atomic E-state index is -4.39. The van der Waals surface area contributed by atoms with Crippen LogP contribution in [0.3, 0.4) is 0 Å². The molecular formula is C19H18F3N5O3. The molecule has 8 nitrogen and oxygen atoms in total. The normalized spacial score (nSPS) is 18.4. The van der Waals surface area contributed by atoms with Crippen LogP contribution in [0.25, 0.3) is 5.69 Å². The zero-order valence-electron chi connectivity index (χ0n) is 15.9. The number of aliphatic hydroxyl groups is 1. The number of carbonyl (C=O) groups is 1. The first kappa shape index (κ1) is 20.1. The molecule has 2 atom stereocenters. The molecule has 158 valence electrons. The number of esters is 1. The van der Waals surface area contributed by atoms with E-state index in [1.165, 1.54) is 19.5 Å². The lowest BCUT2D eigenvalue weighted by Gasteiger charge is -2.10. The van der Waals surface area contributed by atoms with E-state index in [1.807, 2.05) is 0 Å². The van der Waals surface area contributed by atoms with Crippen molar-refractivity contribution in [2.45, 2.75) is 37.6 Å². The van der Waals surface area contributed by atoms with Gasteiger partial charge >= 0.3 is 12.1 Å². The van der Waals surface area contributed by atoms with Gasteiger partial charge in [0.15, 0.2) is 0 Å². The van der Waals surface area contributed by atoms with Gasteiger partial charge in [-0.1, -0.05) is 17.3 Å². The van der Waals surface area contributed by atoms with E-state index in [0.717, 1.165) is 4.68 Å². The molecule has 2 aromatic heterocycles. The van der Waals surface area contributed by atoms with E-state index in [4.69, 9.17) is 4.74 Å². The van der Waals surface area contributed by atoms with Crippen LogP contribution in [-0.2, 0) is 17.9 Å². The highest BCUT2D eigenvalue weighted by Gasteiger charge is 2.46. The van der Waals surface area contributed by atoms with Crippen LogP contribution in [0.2, 0.25) is 0 Å². The molecule has 1 N–H and O–H groups in total. The molecule has 0 radical (unpaired) electrons. The molecule has 0 saturated heterocycles. The minimum absolute atomic E-state index is 0.150. The smallest absolute Gasteiger partial charge is 0.408 e. The van der Waals surface area contributed by atoms with Crippen molar-refractivity contribution in [3.8, 4) is 5.69 Å². The lowest BCUT2D eigenvalue weighted by molar-refractivity contribution is -0.142. The van der Waals surface area contributed by atoms with Crippen molar-refractivity contribution in [2.75, 3.05) is 7.11 Å². The summed E-state index contributed by atoms with van der Waals surface area (Å²) < 4.78 is 45.0. The molecule has 0 aliphatic heterocycles. The van der Waals surface area contributed by atoms with Crippen molar-refractivity contribution in [1.82, 2.24) is 24.8 Å². The van der Waals surface area contributed by atoms with Crippen molar-refractivity contribution < 1.29 is 27.8 Å². The number of halogens is 3. The Morgan fingerprint density at radius 3 is 2.83 bits per heavy atom. The SMILES string of the molecule is COC(=O)c1cnn(-c2cccc(CO)c2)c1[C@@H]1C[C@H]1c1cn(CC(F)(F)F)nn1. The van der Waals surface area contributed by atoms with Crippen LogP contribution in [0, 0.1) is 0 Å². The number of aromatic nitrogens is 5. The summed E-state index contributed by atoms with van der Waals surface area (Å²) in [6.07, 6.45) is -1.12. The van der Waals surface area contributed by atoms with E-state index in [2.05, 4.69) is 15.4 Å². The summed E-state index contributed by atoms with van der Waals surface area (Å²) in [4.78, 5) is 12.3. The van der Waals surface area contributed by atoms with Gasteiger partial charge < -0.3 is 9.84 Å². The number of rotatable bonds is 6. The average molecular weight is 421 g/mol. The van der Waals surface area contributed by atoms with Crippen LogP contribution >= 0.6 is 0 Å². The maximum Gasteiger partial charge on any atom is 0.408 e. The monoisotopic (exact) mass is 421 g/mol. The van der Waals surface area contributed by atoms with Gasteiger partial charge in [-0.05, 0) is 24.1 Å². The van der Waals surface area contributed by atoms with Crippen LogP contribution in [-0.4, -0.2) is 49.1 Å². The molecule has 30 heavy (non-hydrogen) atoms. The summed E-state index contributed by atoms with van der Waals surface area (Å²) in [6.45, 7) is -1.36. The second-order valence-corrected chi connectivity index (χ2v) is 7.08. The fourth-order valence-corrected chi connectivity index (χ4v) is 3.54. The Hall–Kier alpha value is -3.21. The minimum Gasteiger partial charge on any atom is -0.465 e. The molecule has 1 fully saturated rings. The maximum atomic E-state index is 12.6. The van der Waals surface area contributed by atoms with Gasteiger partial charge in [-0.3, -0.25) is 0 Å². The lowest BCUT2D eigenvalue weighted by atomic mass is 10.1. The molecule has 1 aliphatic rings. The van der Waals surface area contributed by atoms with Crippen molar-refractivity contribution in [1.29, 1.82) is 0 Å². The summed E-state index contributed by atoms with van der Waals surface area (Å²) in [7, 11) is 1.27. The Bertz CT molecular complexity index is 1080.